The number of ether oxygens (including phenoxy) is 1. The molecule has 1 saturated heterocycles. The van der Waals surface area contributed by atoms with Crippen molar-refractivity contribution in [3.05, 3.63) is 0 Å². The summed E-state index contributed by atoms with van der Waals surface area (Å²) in [5.41, 5.74) is 0. The fourth-order valence-electron chi connectivity index (χ4n) is 1.70. The highest BCUT2D eigenvalue weighted by Gasteiger charge is 2.57. The first-order valence-corrected chi connectivity index (χ1v) is 5.68. The van der Waals surface area contributed by atoms with Crippen molar-refractivity contribution in [2.45, 2.75) is 16.9 Å². The Morgan fingerprint density at radius 3 is 2.56 bits per heavy atom. The van der Waals surface area contributed by atoms with Gasteiger partial charge in [0.1, 0.15) is 4.33 Å². The Kier molecular flexibility index (Phi) is 3.03. The van der Waals surface area contributed by atoms with Gasteiger partial charge in [0.05, 0.1) is 19.1 Å². The molecular weight excluding hydrogens is 257 g/mol. The van der Waals surface area contributed by atoms with E-state index in [4.69, 9.17) is 33.0 Å². The molecule has 5 nitrogen and oxygen atoms in total. The first-order valence-electron chi connectivity index (χ1n) is 4.93. The van der Waals surface area contributed by atoms with E-state index in [-0.39, 0.29) is 19.1 Å². The van der Waals surface area contributed by atoms with Gasteiger partial charge < -0.3 is 14.7 Å². The lowest BCUT2D eigenvalue weighted by Crippen LogP contribution is -2.49. The standard InChI is InChI=1S/C9H11Cl2NO4/c10-9(11)3-5(9)7(13)12-1-2-16-6(4-12)8(14)15/h5-6H,1-4H2,(H,14,15). The minimum absolute atomic E-state index is 0.0640. The van der Waals surface area contributed by atoms with Gasteiger partial charge in [0, 0.05) is 6.54 Å². The lowest BCUT2D eigenvalue weighted by Gasteiger charge is -2.31. The first kappa shape index (κ1) is 12.0. The maximum atomic E-state index is 11.9. The molecule has 90 valence electrons. The second-order valence-electron chi connectivity index (χ2n) is 4.00. The number of rotatable bonds is 2. The second kappa shape index (κ2) is 4.05. The zero-order valence-corrected chi connectivity index (χ0v) is 9.87. The number of nitrogens with zero attached hydrogens (tertiary/aromatic N) is 1. The molecule has 16 heavy (non-hydrogen) atoms. The Morgan fingerprint density at radius 2 is 2.06 bits per heavy atom. The van der Waals surface area contributed by atoms with E-state index >= 15 is 0 Å². The molecule has 1 heterocycles. The number of hydrogen-bond acceptors (Lipinski definition) is 3. The number of aliphatic carboxylic acids is 1. The largest absolute Gasteiger partial charge is 0.479 e. The summed E-state index contributed by atoms with van der Waals surface area (Å²) in [7, 11) is 0. The lowest BCUT2D eigenvalue weighted by atomic mass is 10.2. The molecule has 1 amide bonds. The van der Waals surface area contributed by atoms with Crippen LogP contribution >= 0.6 is 23.2 Å². The minimum Gasteiger partial charge on any atom is -0.479 e. The lowest BCUT2D eigenvalue weighted by molar-refractivity contribution is -0.159. The maximum Gasteiger partial charge on any atom is 0.334 e. The van der Waals surface area contributed by atoms with Gasteiger partial charge in [-0.1, -0.05) is 0 Å². The van der Waals surface area contributed by atoms with Gasteiger partial charge >= 0.3 is 5.97 Å². The van der Waals surface area contributed by atoms with Crippen LogP contribution in [0.4, 0.5) is 0 Å². The summed E-state index contributed by atoms with van der Waals surface area (Å²) in [6.07, 6.45) is -0.513. The molecule has 2 fully saturated rings. The Hall–Kier alpha value is -0.520. The highest BCUT2D eigenvalue weighted by Crippen LogP contribution is 2.53. The van der Waals surface area contributed by atoms with Crippen molar-refractivity contribution in [2.24, 2.45) is 5.92 Å². The summed E-state index contributed by atoms with van der Waals surface area (Å²) in [6.45, 7) is 0.685. The predicted octanol–water partition coefficient (Wildman–Crippen LogP) is 0.492. The van der Waals surface area contributed by atoms with E-state index in [0.717, 1.165) is 0 Å². The highest BCUT2D eigenvalue weighted by atomic mass is 35.5. The summed E-state index contributed by atoms with van der Waals surface area (Å²) >= 11 is 11.6. The molecular formula is C9H11Cl2NO4. The Bertz CT molecular complexity index is 333. The summed E-state index contributed by atoms with van der Waals surface area (Å²) < 4.78 is 4.05. The van der Waals surface area contributed by atoms with E-state index in [9.17, 15) is 9.59 Å². The molecule has 2 rings (SSSR count). The molecule has 1 N–H and O–H groups in total. The van der Waals surface area contributed by atoms with Crippen LogP contribution in [0.5, 0.6) is 0 Å². The zero-order chi connectivity index (χ0) is 11.9. The Balaban J connectivity index is 1.95. The third-order valence-corrected chi connectivity index (χ3v) is 3.61. The van der Waals surface area contributed by atoms with E-state index in [0.29, 0.717) is 13.0 Å². The normalized spacial score (nSPS) is 32.2. The topological polar surface area (TPSA) is 66.8 Å². The van der Waals surface area contributed by atoms with E-state index in [1.165, 1.54) is 4.90 Å². The Labute approximate surface area is 102 Å². The zero-order valence-electron chi connectivity index (χ0n) is 8.36. The average molecular weight is 268 g/mol. The number of amides is 1. The highest BCUT2D eigenvalue weighted by molar-refractivity contribution is 6.52. The maximum absolute atomic E-state index is 11.9. The number of hydrogen-bond donors (Lipinski definition) is 1. The minimum atomic E-state index is -1.06. The van der Waals surface area contributed by atoms with Gasteiger partial charge in [0.2, 0.25) is 5.91 Å². The van der Waals surface area contributed by atoms with Crippen LogP contribution in [-0.4, -0.2) is 52.0 Å². The number of alkyl halides is 2. The number of carboxylic acids is 1. The van der Waals surface area contributed by atoms with Crippen molar-refractivity contribution < 1.29 is 19.4 Å². The van der Waals surface area contributed by atoms with E-state index in [2.05, 4.69) is 0 Å². The van der Waals surface area contributed by atoms with Crippen LogP contribution in [0.2, 0.25) is 0 Å². The van der Waals surface area contributed by atoms with Crippen LogP contribution in [0.15, 0.2) is 0 Å². The van der Waals surface area contributed by atoms with Crippen LogP contribution in [0, 0.1) is 5.92 Å². The van der Waals surface area contributed by atoms with Crippen molar-refractivity contribution in [2.75, 3.05) is 19.7 Å². The van der Waals surface area contributed by atoms with Crippen molar-refractivity contribution >= 4 is 35.1 Å². The summed E-state index contributed by atoms with van der Waals surface area (Å²) in [5, 5.41) is 8.78. The smallest absolute Gasteiger partial charge is 0.334 e. The molecule has 0 radical (unpaired) electrons. The van der Waals surface area contributed by atoms with Gasteiger partial charge in [-0.3, -0.25) is 4.79 Å². The van der Waals surface area contributed by atoms with Gasteiger partial charge in [-0.15, -0.1) is 23.2 Å². The Morgan fingerprint density at radius 1 is 1.44 bits per heavy atom. The number of halogens is 2. The quantitative estimate of drug-likeness (QED) is 0.740. The fourth-order valence-corrected chi connectivity index (χ4v) is 2.20. The number of carboxylic acid groups (broad SMARTS) is 1. The second-order valence-corrected chi connectivity index (χ2v) is 5.54. The van der Waals surface area contributed by atoms with Crippen LogP contribution in [0.25, 0.3) is 0 Å². The van der Waals surface area contributed by atoms with E-state index < -0.39 is 22.3 Å². The SMILES string of the molecule is O=C(O)C1CN(C(=O)C2CC2(Cl)Cl)CCO1. The molecule has 2 atom stereocenters. The molecule has 2 unspecified atom stereocenters. The van der Waals surface area contributed by atoms with Crippen LogP contribution in [0.1, 0.15) is 6.42 Å². The monoisotopic (exact) mass is 267 g/mol. The molecule has 0 aromatic rings. The van der Waals surface area contributed by atoms with Crippen molar-refractivity contribution in [1.29, 1.82) is 0 Å². The summed E-state index contributed by atoms with van der Waals surface area (Å²) in [6, 6.07) is 0. The van der Waals surface area contributed by atoms with Gasteiger partial charge in [0.15, 0.2) is 6.10 Å². The van der Waals surface area contributed by atoms with Crippen molar-refractivity contribution in [3.8, 4) is 0 Å². The van der Waals surface area contributed by atoms with Crippen LogP contribution < -0.4 is 0 Å². The molecule has 0 bridgehead atoms. The fraction of sp³-hybridized carbons (Fsp3) is 0.778. The molecule has 7 heteroatoms. The molecule has 0 spiro atoms. The van der Waals surface area contributed by atoms with Gasteiger partial charge in [-0.05, 0) is 6.42 Å². The van der Waals surface area contributed by atoms with Crippen LogP contribution in [0.3, 0.4) is 0 Å². The van der Waals surface area contributed by atoms with Gasteiger partial charge in [-0.2, -0.15) is 0 Å². The summed E-state index contributed by atoms with van der Waals surface area (Å²) in [4.78, 5) is 24.0. The van der Waals surface area contributed by atoms with Gasteiger partial charge in [0.25, 0.3) is 0 Å². The molecule has 1 aliphatic heterocycles. The molecule has 0 aromatic carbocycles. The number of carbonyl (C=O) groups excluding carboxylic acids is 1. The number of morpholine rings is 1. The summed E-state index contributed by atoms with van der Waals surface area (Å²) in [5.74, 6) is -1.64. The number of carbonyl (C=O) groups is 2. The van der Waals surface area contributed by atoms with Crippen molar-refractivity contribution in [1.82, 2.24) is 4.90 Å². The molecule has 1 saturated carbocycles. The predicted molar refractivity (Wildman–Crippen MR) is 56.5 cm³/mol. The third kappa shape index (κ3) is 2.26. The molecule has 0 aromatic heterocycles. The average Bonchev–Trinajstić information content (AvgIpc) is 2.87. The van der Waals surface area contributed by atoms with E-state index in [1.54, 1.807) is 0 Å². The molecule has 2 aliphatic rings. The van der Waals surface area contributed by atoms with Crippen LogP contribution in [-0.2, 0) is 14.3 Å². The third-order valence-electron chi connectivity index (χ3n) is 2.78. The first-order chi connectivity index (χ1) is 7.42. The van der Waals surface area contributed by atoms with E-state index in [1.807, 2.05) is 0 Å². The molecule has 1 aliphatic carbocycles. The van der Waals surface area contributed by atoms with Gasteiger partial charge in [-0.25, -0.2) is 4.79 Å². The van der Waals surface area contributed by atoms with Crippen molar-refractivity contribution in [3.63, 3.8) is 0 Å².